The first-order chi connectivity index (χ1) is 5.83. The van der Waals surface area contributed by atoms with E-state index in [0.717, 1.165) is 6.54 Å². The molecule has 0 spiro atoms. The number of hydrogen-bond donors (Lipinski definition) is 3. The number of amides is 2. The third-order valence-electron chi connectivity index (χ3n) is 2.18. The van der Waals surface area contributed by atoms with E-state index in [-0.39, 0.29) is 6.03 Å². The third-order valence-corrected chi connectivity index (χ3v) is 2.18. The summed E-state index contributed by atoms with van der Waals surface area (Å²) >= 11 is 0. The Hall–Kier alpha value is -0.770. The quantitative estimate of drug-likeness (QED) is 0.524. The minimum atomic E-state index is -0.106. The van der Waals surface area contributed by atoms with Crippen LogP contribution in [-0.2, 0) is 0 Å². The predicted octanol–water partition coefficient (Wildman–Crippen LogP) is 0.0575. The molecule has 0 radical (unpaired) electrons. The van der Waals surface area contributed by atoms with Crippen LogP contribution in [0.15, 0.2) is 0 Å². The van der Waals surface area contributed by atoms with Gasteiger partial charge in [-0.15, -0.1) is 0 Å². The fourth-order valence-electron chi connectivity index (χ4n) is 1.15. The van der Waals surface area contributed by atoms with Gasteiger partial charge in [0.1, 0.15) is 0 Å². The third kappa shape index (κ3) is 3.09. The molecule has 12 heavy (non-hydrogen) atoms. The summed E-state index contributed by atoms with van der Waals surface area (Å²) in [6.07, 6.45) is 3.93. The SMILES string of the molecule is CNC(=O)NCCNC1CCC1. The lowest BCUT2D eigenvalue weighted by Crippen LogP contribution is -2.42. The number of rotatable bonds is 4. The van der Waals surface area contributed by atoms with E-state index in [2.05, 4.69) is 16.0 Å². The van der Waals surface area contributed by atoms with Crippen LogP contribution in [0.3, 0.4) is 0 Å². The van der Waals surface area contributed by atoms with E-state index in [9.17, 15) is 4.79 Å². The van der Waals surface area contributed by atoms with E-state index >= 15 is 0 Å². The lowest BCUT2D eigenvalue weighted by atomic mass is 9.93. The summed E-state index contributed by atoms with van der Waals surface area (Å²) < 4.78 is 0. The second-order valence-electron chi connectivity index (χ2n) is 3.09. The van der Waals surface area contributed by atoms with Crippen LogP contribution in [0.5, 0.6) is 0 Å². The van der Waals surface area contributed by atoms with E-state index < -0.39 is 0 Å². The Balaban J connectivity index is 1.85. The highest BCUT2D eigenvalue weighted by Crippen LogP contribution is 2.17. The van der Waals surface area contributed by atoms with Crippen LogP contribution < -0.4 is 16.0 Å². The molecule has 4 nitrogen and oxygen atoms in total. The van der Waals surface area contributed by atoms with E-state index in [1.165, 1.54) is 19.3 Å². The van der Waals surface area contributed by atoms with Gasteiger partial charge in [-0.05, 0) is 12.8 Å². The molecule has 1 saturated carbocycles. The van der Waals surface area contributed by atoms with Gasteiger partial charge in [0.05, 0.1) is 0 Å². The van der Waals surface area contributed by atoms with Crippen LogP contribution >= 0.6 is 0 Å². The zero-order valence-corrected chi connectivity index (χ0v) is 7.52. The normalized spacial score (nSPS) is 16.8. The summed E-state index contributed by atoms with van der Waals surface area (Å²) in [7, 11) is 1.62. The van der Waals surface area contributed by atoms with Crippen molar-refractivity contribution in [1.29, 1.82) is 0 Å². The molecule has 0 unspecified atom stereocenters. The number of urea groups is 1. The van der Waals surface area contributed by atoms with Crippen molar-refractivity contribution < 1.29 is 4.79 Å². The van der Waals surface area contributed by atoms with Gasteiger partial charge in [-0.3, -0.25) is 0 Å². The van der Waals surface area contributed by atoms with Crippen molar-refractivity contribution in [2.45, 2.75) is 25.3 Å². The van der Waals surface area contributed by atoms with Crippen LogP contribution in [0.25, 0.3) is 0 Å². The molecular formula is C8H17N3O. The Morgan fingerprint density at radius 2 is 2.17 bits per heavy atom. The summed E-state index contributed by atoms with van der Waals surface area (Å²) in [5, 5.41) is 8.58. The highest BCUT2D eigenvalue weighted by atomic mass is 16.2. The van der Waals surface area contributed by atoms with Gasteiger partial charge in [0.25, 0.3) is 0 Å². The maximum atomic E-state index is 10.7. The summed E-state index contributed by atoms with van der Waals surface area (Å²) in [5.74, 6) is 0. The van der Waals surface area contributed by atoms with Crippen molar-refractivity contribution >= 4 is 6.03 Å². The molecule has 0 heterocycles. The lowest BCUT2D eigenvalue weighted by molar-refractivity contribution is 0.242. The minimum Gasteiger partial charge on any atom is -0.341 e. The molecule has 1 aliphatic carbocycles. The summed E-state index contributed by atoms with van der Waals surface area (Å²) in [5.41, 5.74) is 0. The van der Waals surface area contributed by atoms with Gasteiger partial charge in [-0.2, -0.15) is 0 Å². The minimum absolute atomic E-state index is 0.106. The number of nitrogens with one attached hydrogen (secondary N) is 3. The maximum Gasteiger partial charge on any atom is 0.314 e. The van der Waals surface area contributed by atoms with Crippen LogP contribution in [0.1, 0.15) is 19.3 Å². The number of hydrogen-bond acceptors (Lipinski definition) is 2. The first kappa shape index (κ1) is 9.32. The smallest absolute Gasteiger partial charge is 0.314 e. The largest absolute Gasteiger partial charge is 0.341 e. The molecule has 0 atom stereocenters. The van der Waals surface area contributed by atoms with Crippen molar-refractivity contribution in [1.82, 2.24) is 16.0 Å². The van der Waals surface area contributed by atoms with Crippen LogP contribution in [0.4, 0.5) is 4.79 Å². The van der Waals surface area contributed by atoms with E-state index in [1.54, 1.807) is 7.05 Å². The second kappa shape index (κ2) is 4.98. The molecule has 0 saturated heterocycles. The highest BCUT2D eigenvalue weighted by molar-refractivity contribution is 5.73. The molecule has 0 aromatic heterocycles. The fourth-order valence-corrected chi connectivity index (χ4v) is 1.15. The van der Waals surface area contributed by atoms with E-state index in [1.807, 2.05) is 0 Å². The standard InChI is InChI=1S/C8H17N3O/c1-9-8(12)11-6-5-10-7-3-2-4-7/h7,10H,2-6H2,1H3,(H2,9,11,12). The lowest BCUT2D eigenvalue weighted by Gasteiger charge is -2.26. The fraction of sp³-hybridized carbons (Fsp3) is 0.875. The van der Waals surface area contributed by atoms with Gasteiger partial charge < -0.3 is 16.0 Å². The summed E-state index contributed by atoms with van der Waals surface area (Å²) in [6.45, 7) is 1.58. The zero-order valence-electron chi connectivity index (χ0n) is 7.52. The molecule has 1 rings (SSSR count). The van der Waals surface area contributed by atoms with Gasteiger partial charge in [-0.1, -0.05) is 6.42 Å². The summed E-state index contributed by atoms with van der Waals surface area (Å²) in [6, 6.07) is 0.599. The van der Waals surface area contributed by atoms with Crippen LogP contribution in [-0.4, -0.2) is 32.2 Å². The first-order valence-electron chi connectivity index (χ1n) is 4.52. The van der Waals surface area contributed by atoms with Crippen LogP contribution in [0.2, 0.25) is 0 Å². The van der Waals surface area contributed by atoms with Crippen molar-refractivity contribution in [3.63, 3.8) is 0 Å². The Labute approximate surface area is 73.1 Å². The average molecular weight is 171 g/mol. The highest BCUT2D eigenvalue weighted by Gasteiger charge is 2.15. The van der Waals surface area contributed by atoms with Crippen LogP contribution in [0, 0.1) is 0 Å². The summed E-state index contributed by atoms with van der Waals surface area (Å²) in [4.78, 5) is 10.7. The van der Waals surface area contributed by atoms with Gasteiger partial charge in [0.2, 0.25) is 0 Å². The zero-order chi connectivity index (χ0) is 8.81. The first-order valence-corrected chi connectivity index (χ1v) is 4.52. The van der Waals surface area contributed by atoms with Crippen molar-refractivity contribution in [2.24, 2.45) is 0 Å². The monoisotopic (exact) mass is 171 g/mol. The molecule has 0 aromatic carbocycles. The molecule has 4 heteroatoms. The predicted molar refractivity (Wildman–Crippen MR) is 48.1 cm³/mol. The molecule has 0 aliphatic heterocycles. The molecule has 0 aromatic rings. The van der Waals surface area contributed by atoms with E-state index in [4.69, 9.17) is 0 Å². The Morgan fingerprint density at radius 1 is 1.42 bits per heavy atom. The molecule has 70 valence electrons. The van der Waals surface area contributed by atoms with Gasteiger partial charge in [0.15, 0.2) is 0 Å². The van der Waals surface area contributed by atoms with E-state index in [0.29, 0.717) is 12.6 Å². The number of carbonyl (C=O) groups is 1. The topological polar surface area (TPSA) is 53.2 Å². The maximum absolute atomic E-state index is 10.7. The molecule has 1 fully saturated rings. The molecule has 0 bridgehead atoms. The van der Waals surface area contributed by atoms with Gasteiger partial charge in [-0.25, -0.2) is 4.79 Å². The van der Waals surface area contributed by atoms with Crippen molar-refractivity contribution in [3.8, 4) is 0 Å². The molecular weight excluding hydrogens is 154 g/mol. The average Bonchev–Trinajstić information content (AvgIpc) is 2.00. The second-order valence-corrected chi connectivity index (χ2v) is 3.09. The Morgan fingerprint density at radius 3 is 2.67 bits per heavy atom. The van der Waals surface area contributed by atoms with Gasteiger partial charge in [0, 0.05) is 26.2 Å². The molecule has 3 N–H and O–H groups in total. The Kier molecular flexibility index (Phi) is 3.87. The molecule has 1 aliphatic rings. The van der Waals surface area contributed by atoms with Gasteiger partial charge >= 0.3 is 6.03 Å². The molecule has 2 amide bonds. The van der Waals surface area contributed by atoms with Crippen molar-refractivity contribution in [3.05, 3.63) is 0 Å². The van der Waals surface area contributed by atoms with Crippen molar-refractivity contribution in [2.75, 3.05) is 20.1 Å². The number of carbonyl (C=O) groups excluding carboxylic acids is 1. The Bertz CT molecular complexity index is 145.